The maximum Gasteiger partial charge on any atom is 0.119 e. The largest absolute Gasteiger partial charge is 0.494 e. The molecule has 1 saturated heterocycles. The second kappa shape index (κ2) is 8.09. The fourth-order valence-electron chi connectivity index (χ4n) is 2.13. The lowest BCUT2D eigenvalue weighted by Gasteiger charge is -2.28. The maximum absolute atomic E-state index is 9.97. The van der Waals surface area contributed by atoms with Gasteiger partial charge in [-0.25, -0.2) is 0 Å². The summed E-state index contributed by atoms with van der Waals surface area (Å²) in [5.74, 6) is 1.57. The van der Waals surface area contributed by atoms with Gasteiger partial charge in [0, 0.05) is 19.6 Å². The van der Waals surface area contributed by atoms with E-state index >= 15 is 0 Å². The molecule has 1 N–H and O–H groups in total. The highest BCUT2D eigenvalue weighted by atomic mass is 16.5. The fourth-order valence-corrected chi connectivity index (χ4v) is 2.13. The summed E-state index contributed by atoms with van der Waals surface area (Å²) in [5, 5.41) is 9.97. The van der Waals surface area contributed by atoms with Crippen LogP contribution in [-0.2, 0) is 4.74 Å². The molecule has 20 heavy (non-hydrogen) atoms. The van der Waals surface area contributed by atoms with Gasteiger partial charge in [-0.15, -0.1) is 0 Å². The molecule has 2 rings (SSSR count). The number of nitrogens with zero attached hydrogens (tertiary/aromatic N) is 1. The molecule has 1 aliphatic heterocycles. The SMILES string of the molecule is CCOc1ccc(OCC(O)CN2CCOCC2)cc1. The van der Waals surface area contributed by atoms with Crippen LogP contribution in [0.25, 0.3) is 0 Å². The summed E-state index contributed by atoms with van der Waals surface area (Å²) in [6, 6.07) is 7.44. The molecule has 0 saturated carbocycles. The molecule has 0 spiro atoms. The van der Waals surface area contributed by atoms with E-state index in [1.165, 1.54) is 0 Å². The van der Waals surface area contributed by atoms with Gasteiger partial charge in [-0.1, -0.05) is 0 Å². The minimum Gasteiger partial charge on any atom is -0.494 e. The number of morpholine rings is 1. The molecule has 0 amide bonds. The second-order valence-electron chi connectivity index (χ2n) is 4.78. The Morgan fingerprint density at radius 1 is 1.15 bits per heavy atom. The zero-order valence-corrected chi connectivity index (χ0v) is 12.0. The van der Waals surface area contributed by atoms with Crippen LogP contribution in [0.4, 0.5) is 0 Å². The molecule has 1 fully saturated rings. The van der Waals surface area contributed by atoms with Crippen molar-refractivity contribution in [2.45, 2.75) is 13.0 Å². The smallest absolute Gasteiger partial charge is 0.119 e. The highest BCUT2D eigenvalue weighted by Gasteiger charge is 2.15. The normalized spacial score (nSPS) is 17.7. The molecule has 5 heteroatoms. The van der Waals surface area contributed by atoms with Gasteiger partial charge in [0.05, 0.1) is 19.8 Å². The number of ether oxygens (including phenoxy) is 3. The lowest BCUT2D eigenvalue weighted by molar-refractivity contribution is 0.00465. The first-order valence-electron chi connectivity index (χ1n) is 7.11. The molecule has 1 aromatic carbocycles. The van der Waals surface area contributed by atoms with Gasteiger partial charge in [-0.3, -0.25) is 4.90 Å². The van der Waals surface area contributed by atoms with Crippen LogP contribution in [0, 0.1) is 0 Å². The average Bonchev–Trinajstić information content (AvgIpc) is 2.48. The molecular weight excluding hydrogens is 258 g/mol. The monoisotopic (exact) mass is 281 g/mol. The van der Waals surface area contributed by atoms with Crippen LogP contribution < -0.4 is 9.47 Å². The first-order chi connectivity index (χ1) is 9.78. The molecule has 1 unspecified atom stereocenters. The number of aliphatic hydroxyl groups is 1. The molecule has 0 aromatic heterocycles. The number of hydrogen-bond donors (Lipinski definition) is 1. The van der Waals surface area contributed by atoms with Crippen molar-refractivity contribution in [3.63, 3.8) is 0 Å². The summed E-state index contributed by atoms with van der Waals surface area (Å²) >= 11 is 0. The van der Waals surface area contributed by atoms with Crippen LogP contribution in [0.5, 0.6) is 11.5 Å². The van der Waals surface area contributed by atoms with E-state index in [0.717, 1.165) is 37.8 Å². The topological polar surface area (TPSA) is 51.2 Å². The minimum atomic E-state index is -0.486. The van der Waals surface area contributed by atoms with Gasteiger partial charge in [0.1, 0.15) is 24.2 Å². The Balaban J connectivity index is 1.70. The highest BCUT2D eigenvalue weighted by molar-refractivity contribution is 5.31. The van der Waals surface area contributed by atoms with Crippen LogP contribution >= 0.6 is 0 Å². The Bertz CT molecular complexity index is 376. The predicted octanol–water partition coefficient (Wildman–Crippen LogP) is 1.16. The van der Waals surface area contributed by atoms with Crippen molar-refractivity contribution in [1.29, 1.82) is 0 Å². The fraction of sp³-hybridized carbons (Fsp3) is 0.600. The highest BCUT2D eigenvalue weighted by Crippen LogP contribution is 2.17. The van der Waals surface area contributed by atoms with E-state index in [1.807, 2.05) is 31.2 Å². The molecule has 0 aliphatic carbocycles. The van der Waals surface area contributed by atoms with E-state index in [2.05, 4.69) is 4.90 Å². The van der Waals surface area contributed by atoms with Crippen LogP contribution in [0.15, 0.2) is 24.3 Å². The van der Waals surface area contributed by atoms with Crippen LogP contribution in [0.2, 0.25) is 0 Å². The van der Waals surface area contributed by atoms with Crippen molar-refractivity contribution in [1.82, 2.24) is 4.90 Å². The van der Waals surface area contributed by atoms with Crippen molar-refractivity contribution in [3.8, 4) is 11.5 Å². The third-order valence-electron chi connectivity index (χ3n) is 3.15. The molecule has 1 aliphatic rings. The molecule has 1 aromatic rings. The standard InChI is InChI=1S/C15H23NO4/c1-2-19-14-3-5-15(6-4-14)20-12-13(17)11-16-7-9-18-10-8-16/h3-6,13,17H,2,7-12H2,1H3. The van der Waals surface area contributed by atoms with Gasteiger partial charge in [-0.2, -0.15) is 0 Å². The van der Waals surface area contributed by atoms with Gasteiger partial charge in [-0.05, 0) is 31.2 Å². The summed E-state index contributed by atoms with van der Waals surface area (Å²) < 4.78 is 16.2. The van der Waals surface area contributed by atoms with Crippen molar-refractivity contribution in [3.05, 3.63) is 24.3 Å². The van der Waals surface area contributed by atoms with Crippen molar-refractivity contribution in [2.24, 2.45) is 0 Å². The number of β-amino-alcohol motifs (C(OH)–C–C–N with tert-alkyl or cyclic N) is 1. The van der Waals surface area contributed by atoms with E-state index < -0.39 is 6.10 Å². The Hall–Kier alpha value is -1.30. The first kappa shape index (κ1) is 15.1. The van der Waals surface area contributed by atoms with E-state index in [4.69, 9.17) is 14.2 Å². The van der Waals surface area contributed by atoms with E-state index in [-0.39, 0.29) is 0 Å². The molecule has 112 valence electrons. The van der Waals surface area contributed by atoms with Crippen LogP contribution in [0.1, 0.15) is 6.92 Å². The summed E-state index contributed by atoms with van der Waals surface area (Å²) in [5.41, 5.74) is 0. The number of benzene rings is 1. The zero-order valence-electron chi connectivity index (χ0n) is 12.0. The number of rotatable bonds is 7. The molecule has 1 atom stereocenters. The first-order valence-corrected chi connectivity index (χ1v) is 7.11. The summed E-state index contributed by atoms with van der Waals surface area (Å²) in [6.07, 6.45) is -0.486. The summed E-state index contributed by atoms with van der Waals surface area (Å²) in [7, 11) is 0. The third-order valence-corrected chi connectivity index (χ3v) is 3.15. The second-order valence-corrected chi connectivity index (χ2v) is 4.78. The molecule has 1 heterocycles. The quantitative estimate of drug-likeness (QED) is 0.813. The Kier molecular flexibility index (Phi) is 6.11. The molecule has 5 nitrogen and oxygen atoms in total. The van der Waals surface area contributed by atoms with Crippen LogP contribution in [0.3, 0.4) is 0 Å². The Morgan fingerprint density at radius 2 is 1.75 bits per heavy atom. The Morgan fingerprint density at radius 3 is 2.35 bits per heavy atom. The van der Waals surface area contributed by atoms with Crippen molar-refractivity contribution in [2.75, 3.05) is 46.1 Å². The lowest BCUT2D eigenvalue weighted by atomic mass is 10.3. The average molecular weight is 281 g/mol. The molecule has 0 bridgehead atoms. The van der Waals surface area contributed by atoms with Gasteiger partial charge in [0.2, 0.25) is 0 Å². The van der Waals surface area contributed by atoms with Gasteiger partial charge in [0.25, 0.3) is 0 Å². The minimum absolute atomic E-state index is 0.297. The van der Waals surface area contributed by atoms with E-state index in [9.17, 15) is 5.11 Å². The summed E-state index contributed by atoms with van der Waals surface area (Å²) in [6.45, 7) is 6.76. The van der Waals surface area contributed by atoms with Crippen LogP contribution in [-0.4, -0.2) is 62.2 Å². The van der Waals surface area contributed by atoms with Gasteiger partial charge >= 0.3 is 0 Å². The Labute approximate surface area is 120 Å². The van der Waals surface area contributed by atoms with E-state index in [0.29, 0.717) is 19.8 Å². The van der Waals surface area contributed by atoms with Gasteiger partial charge in [0.15, 0.2) is 0 Å². The third kappa shape index (κ3) is 5.00. The molecule has 0 radical (unpaired) electrons. The number of hydrogen-bond acceptors (Lipinski definition) is 5. The lowest BCUT2D eigenvalue weighted by Crippen LogP contribution is -2.42. The molecular formula is C15H23NO4. The van der Waals surface area contributed by atoms with Gasteiger partial charge < -0.3 is 19.3 Å². The zero-order chi connectivity index (χ0) is 14.2. The van der Waals surface area contributed by atoms with Crippen molar-refractivity contribution >= 4 is 0 Å². The van der Waals surface area contributed by atoms with Crippen molar-refractivity contribution < 1.29 is 19.3 Å². The number of aliphatic hydroxyl groups excluding tert-OH is 1. The van der Waals surface area contributed by atoms with E-state index in [1.54, 1.807) is 0 Å². The predicted molar refractivity (Wildman–Crippen MR) is 76.4 cm³/mol. The summed E-state index contributed by atoms with van der Waals surface area (Å²) in [4.78, 5) is 2.19. The maximum atomic E-state index is 9.97.